The Hall–Kier alpha value is -1.29. The Morgan fingerprint density at radius 3 is 3.21 bits per heavy atom. The van der Waals surface area contributed by atoms with Crippen molar-refractivity contribution in [3.63, 3.8) is 0 Å². The normalized spacial score (nSPS) is 31.1. The molecule has 1 N–H and O–H groups in total. The van der Waals surface area contributed by atoms with E-state index in [1.165, 1.54) is 12.8 Å². The number of rotatable bonds is 3. The van der Waals surface area contributed by atoms with Crippen LogP contribution in [-0.2, 0) is 11.3 Å². The highest BCUT2D eigenvalue weighted by molar-refractivity contribution is 5.79. The first kappa shape index (κ1) is 12.7. The summed E-state index contributed by atoms with van der Waals surface area (Å²) in [4.78, 5) is 14.5. The summed E-state index contributed by atoms with van der Waals surface area (Å²) in [5.74, 6) is 1.46. The number of nitrogens with zero attached hydrogens (tertiary/aromatic N) is 1. The van der Waals surface area contributed by atoms with Gasteiger partial charge in [0, 0.05) is 19.5 Å². The lowest BCUT2D eigenvalue weighted by Crippen LogP contribution is -2.39. The Bertz CT molecular complexity index is 443. The van der Waals surface area contributed by atoms with Gasteiger partial charge in [-0.05, 0) is 43.4 Å². The lowest BCUT2D eigenvalue weighted by atomic mass is 9.76. The fourth-order valence-corrected chi connectivity index (χ4v) is 3.95. The van der Waals surface area contributed by atoms with Crippen molar-refractivity contribution in [3.8, 4) is 0 Å². The number of carbonyl (C=O) groups excluding carboxylic acids is 1. The van der Waals surface area contributed by atoms with E-state index < -0.39 is 0 Å². The van der Waals surface area contributed by atoms with Gasteiger partial charge in [0.25, 0.3) is 0 Å². The molecule has 1 aliphatic carbocycles. The Morgan fingerprint density at radius 2 is 2.47 bits per heavy atom. The molecule has 2 heterocycles. The van der Waals surface area contributed by atoms with Crippen LogP contribution in [0.2, 0.25) is 0 Å². The molecular weight excluding hydrogens is 240 g/mol. The van der Waals surface area contributed by atoms with Gasteiger partial charge >= 0.3 is 0 Å². The molecule has 0 aromatic carbocycles. The van der Waals surface area contributed by atoms with Crippen LogP contribution in [0.15, 0.2) is 22.8 Å². The fourth-order valence-electron chi connectivity index (χ4n) is 3.95. The molecule has 1 saturated carbocycles. The SMILES string of the molecule is CNC(=O)[C@H]1CCC[C@]12CCN(Cc1ccco1)C2. The van der Waals surface area contributed by atoms with Gasteiger partial charge in [-0.3, -0.25) is 9.69 Å². The maximum absolute atomic E-state index is 12.1. The van der Waals surface area contributed by atoms with Crippen molar-refractivity contribution in [2.24, 2.45) is 11.3 Å². The molecule has 104 valence electrons. The molecule has 1 aromatic heterocycles. The quantitative estimate of drug-likeness (QED) is 0.906. The van der Waals surface area contributed by atoms with Gasteiger partial charge in [-0.2, -0.15) is 0 Å². The van der Waals surface area contributed by atoms with Crippen LogP contribution in [0.3, 0.4) is 0 Å². The predicted octanol–water partition coefficient (Wildman–Crippen LogP) is 2.02. The first-order valence-electron chi connectivity index (χ1n) is 7.20. The van der Waals surface area contributed by atoms with Gasteiger partial charge < -0.3 is 9.73 Å². The summed E-state index contributed by atoms with van der Waals surface area (Å²) in [7, 11) is 1.75. The largest absolute Gasteiger partial charge is 0.468 e. The number of amides is 1. The molecule has 19 heavy (non-hydrogen) atoms. The summed E-state index contributed by atoms with van der Waals surface area (Å²) in [5.41, 5.74) is 0.215. The second-order valence-corrected chi connectivity index (χ2v) is 5.96. The number of hydrogen-bond donors (Lipinski definition) is 1. The van der Waals surface area contributed by atoms with E-state index >= 15 is 0 Å². The van der Waals surface area contributed by atoms with Crippen LogP contribution in [0.1, 0.15) is 31.4 Å². The summed E-state index contributed by atoms with van der Waals surface area (Å²) in [6.45, 7) is 2.98. The maximum atomic E-state index is 12.1. The summed E-state index contributed by atoms with van der Waals surface area (Å²) in [5, 5.41) is 2.84. The van der Waals surface area contributed by atoms with Crippen molar-refractivity contribution < 1.29 is 9.21 Å². The highest BCUT2D eigenvalue weighted by Gasteiger charge is 2.49. The van der Waals surface area contributed by atoms with Gasteiger partial charge in [-0.15, -0.1) is 0 Å². The molecule has 0 bridgehead atoms. The second-order valence-electron chi connectivity index (χ2n) is 5.96. The highest BCUT2D eigenvalue weighted by Crippen LogP contribution is 2.49. The van der Waals surface area contributed by atoms with Crippen molar-refractivity contribution in [2.75, 3.05) is 20.1 Å². The molecule has 1 amide bonds. The summed E-state index contributed by atoms with van der Waals surface area (Å²) < 4.78 is 5.42. The molecule has 1 spiro atoms. The van der Waals surface area contributed by atoms with E-state index in [2.05, 4.69) is 10.2 Å². The minimum Gasteiger partial charge on any atom is -0.468 e. The van der Waals surface area contributed by atoms with E-state index in [1.807, 2.05) is 12.1 Å². The first-order chi connectivity index (χ1) is 9.23. The number of furan rings is 1. The smallest absolute Gasteiger partial charge is 0.223 e. The third kappa shape index (κ3) is 2.29. The number of hydrogen-bond acceptors (Lipinski definition) is 3. The van der Waals surface area contributed by atoms with E-state index in [1.54, 1.807) is 13.3 Å². The third-order valence-corrected chi connectivity index (χ3v) is 4.89. The van der Waals surface area contributed by atoms with Gasteiger partial charge in [0.15, 0.2) is 0 Å². The van der Waals surface area contributed by atoms with Crippen molar-refractivity contribution in [1.82, 2.24) is 10.2 Å². The molecule has 1 aromatic rings. The number of likely N-dealkylation sites (tertiary alicyclic amines) is 1. The molecule has 4 heteroatoms. The van der Waals surface area contributed by atoms with Gasteiger partial charge in [-0.25, -0.2) is 0 Å². The molecule has 4 nitrogen and oxygen atoms in total. The molecule has 1 aliphatic heterocycles. The topological polar surface area (TPSA) is 45.5 Å². The summed E-state index contributed by atoms with van der Waals surface area (Å²) in [6, 6.07) is 3.96. The Balaban J connectivity index is 1.68. The molecule has 2 atom stereocenters. The Kier molecular flexibility index (Phi) is 3.35. The van der Waals surface area contributed by atoms with Crippen LogP contribution in [0, 0.1) is 11.3 Å². The van der Waals surface area contributed by atoms with Crippen LogP contribution < -0.4 is 5.32 Å². The molecule has 0 unspecified atom stereocenters. The minimum atomic E-state index is 0.208. The lowest BCUT2D eigenvalue weighted by Gasteiger charge is -2.30. The van der Waals surface area contributed by atoms with Crippen molar-refractivity contribution in [1.29, 1.82) is 0 Å². The second kappa shape index (κ2) is 5.00. The van der Waals surface area contributed by atoms with Gasteiger partial charge in [0.1, 0.15) is 5.76 Å². The third-order valence-electron chi connectivity index (χ3n) is 4.89. The van der Waals surface area contributed by atoms with Gasteiger partial charge in [-0.1, -0.05) is 6.42 Å². The maximum Gasteiger partial charge on any atom is 0.223 e. The molecule has 1 saturated heterocycles. The van der Waals surface area contributed by atoms with E-state index in [9.17, 15) is 4.79 Å². The van der Waals surface area contributed by atoms with Gasteiger partial charge in [0.05, 0.1) is 12.8 Å². The van der Waals surface area contributed by atoms with Crippen LogP contribution in [0.5, 0.6) is 0 Å². The number of carbonyl (C=O) groups is 1. The lowest BCUT2D eigenvalue weighted by molar-refractivity contribution is -0.127. The average Bonchev–Trinajstić information content (AvgIpc) is 3.13. The highest BCUT2D eigenvalue weighted by atomic mass is 16.3. The van der Waals surface area contributed by atoms with E-state index in [-0.39, 0.29) is 17.2 Å². The molecule has 2 fully saturated rings. The monoisotopic (exact) mass is 262 g/mol. The molecule has 0 radical (unpaired) electrons. The summed E-state index contributed by atoms with van der Waals surface area (Å²) >= 11 is 0. The Morgan fingerprint density at radius 1 is 1.58 bits per heavy atom. The van der Waals surface area contributed by atoms with Crippen LogP contribution >= 0.6 is 0 Å². The predicted molar refractivity (Wildman–Crippen MR) is 72.4 cm³/mol. The fraction of sp³-hybridized carbons (Fsp3) is 0.667. The minimum absolute atomic E-state index is 0.208. The average molecular weight is 262 g/mol. The van der Waals surface area contributed by atoms with E-state index in [0.717, 1.165) is 38.2 Å². The zero-order valence-corrected chi connectivity index (χ0v) is 11.5. The van der Waals surface area contributed by atoms with Gasteiger partial charge in [0.2, 0.25) is 5.91 Å². The van der Waals surface area contributed by atoms with Crippen LogP contribution in [0.25, 0.3) is 0 Å². The Labute approximate surface area is 114 Å². The van der Waals surface area contributed by atoms with E-state index in [4.69, 9.17) is 4.42 Å². The first-order valence-corrected chi connectivity index (χ1v) is 7.20. The molecular formula is C15H22N2O2. The van der Waals surface area contributed by atoms with Crippen LogP contribution in [0.4, 0.5) is 0 Å². The molecule has 2 aliphatic rings. The van der Waals surface area contributed by atoms with Crippen molar-refractivity contribution in [3.05, 3.63) is 24.2 Å². The van der Waals surface area contributed by atoms with Crippen LogP contribution in [-0.4, -0.2) is 30.9 Å². The standard InChI is InChI=1S/C15H22N2O2/c1-16-14(18)13-5-2-6-15(13)7-8-17(11-15)10-12-4-3-9-19-12/h3-4,9,13H,2,5-8,10-11H2,1H3,(H,16,18)/t13-,15-/m1/s1. The zero-order valence-electron chi connectivity index (χ0n) is 11.5. The molecule has 3 rings (SSSR count). The summed E-state index contributed by atoms with van der Waals surface area (Å²) in [6.07, 6.45) is 6.30. The zero-order chi connectivity index (χ0) is 13.3. The van der Waals surface area contributed by atoms with Crippen molar-refractivity contribution >= 4 is 5.91 Å². The van der Waals surface area contributed by atoms with Crippen molar-refractivity contribution in [2.45, 2.75) is 32.2 Å². The van der Waals surface area contributed by atoms with E-state index in [0.29, 0.717) is 0 Å². The number of nitrogens with one attached hydrogen (secondary N) is 1.